The van der Waals surface area contributed by atoms with Crippen LogP contribution in [0.2, 0.25) is 0 Å². The molecule has 0 saturated heterocycles. The third-order valence-corrected chi connectivity index (χ3v) is 1.53. The van der Waals surface area contributed by atoms with Gasteiger partial charge in [0, 0.05) is 0 Å². The van der Waals surface area contributed by atoms with E-state index < -0.39 is 23.8 Å². The van der Waals surface area contributed by atoms with E-state index in [0.717, 1.165) is 0 Å². The summed E-state index contributed by atoms with van der Waals surface area (Å²) < 4.78 is 0. The first-order chi connectivity index (χ1) is 4.46. The van der Waals surface area contributed by atoms with E-state index in [1.807, 2.05) is 0 Å². The van der Waals surface area contributed by atoms with Gasteiger partial charge in [-0.25, -0.2) is 0 Å². The van der Waals surface area contributed by atoms with Crippen LogP contribution in [0.15, 0.2) is 0 Å². The summed E-state index contributed by atoms with van der Waals surface area (Å²) in [5, 5.41) is 16.7. The van der Waals surface area contributed by atoms with E-state index in [2.05, 4.69) is 0 Å². The molecular formula is C9H22O4. The Morgan fingerprint density at radius 3 is 1.08 bits per heavy atom. The highest BCUT2D eigenvalue weighted by molar-refractivity contribution is 5.79. The number of carbonyl (C=O) groups is 2. The highest BCUT2D eigenvalue weighted by atomic mass is 16.4. The Kier molecular flexibility index (Phi) is 15.7. The predicted octanol–water partition coefficient (Wildman–Crippen LogP) is 2.34. The molecular weight excluding hydrogens is 172 g/mol. The minimum absolute atomic E-state index is 0. The first-order valence-corrected chi connectivity index (χ1v) is 2.92. The van der Waals surface area contributed by atoms with Crippen LogP contribution in [-0.2, 0) is 9.59 Å². The van der Waals surface area contributed by atoms with Crippen LogP contribution < -0.4 is 0 Å². The molecule has 0 heterocycles. The van der Waals surface area contributed by atoms with Crippen molar-refractivity contribution in [2.75, 3.05) is 0 Å². The Morgan fingerprint density at radius 1 is 0.846 bits per heavy atom. The van der Waals surface area contributed by atoms with Gasteiger partial charge in [-0.3, -0.25) is 9.59 Å². The molecule has 4 nitrogen and oxygen atoms in total. The van der Waals surface area contributed by atoms with Gasteiger partial charge in [0.2, 0.25) is 0 Å². The largest absolute Gasteiger partial charge is 0.481 e. The Bertz CT molecular complexity index is 136. The molecule has 0 rings (SSSR count). The number of rotatable bonds is 3. The van der Waals surface area contributed by atoms with Crippen LogP contribution in [-0.4, -0.2) is 22.2 Å². The summed E-state index contributed by atoms with van der Waals surface area (Å²) >= 11 is 0. The topological polar surface area (TPSA) is 74.6 Å². The summed E-state index contributed by atoms with van der Waals surface area (Å²) in [6, 6.07) is 0. The molecule has 0 amide bonds. The lowest BCUT2D eigenvalue weighted by Crippen LogP contribution is -2.24. The molecule has 2 atom stereocenters. The first kappa shape index (κ1) is 22.7. The van der Waals surface area contributed by atoms with E-state index in [9.17, 15) is 9.59 Å². The third kappa shape index (κ3) is 7.31. The third-order valence-electron chi connectivity index (χ3n) is 1.53. The van der Waals surface area contributed by atoms with E-state index in [-0.39, 0.29) is 22.3 Å². The Labute approximate surface area is 80.6 Å². The minimum atomic E-state index is -1.07. The van der Waals surface area contributed by atoms with Gasteiger partial charge in [-0.15, -0.1) is 0 Å². The van der Waals surface area contributed by atoms with Crippen LogP contribution in [0.3, 0.4) is 0 Å². The maximum absolute atomic E-state index is 10.2. The predicted molar refractivity (Wildman–Crippen MR) is 53.8 cm³/mol. The standard InChI is InChI=1S/C6H10O4.3CH4/c1-3(5(7)8)4(2)6(9)10;;;/h3-4H,1-2H3,(H,7,8)(H,9,10);3*1H4. The molecule has 0 aliphatic rings. The van der Waals surface area contributed by atoms with Crippen molar-refractivity contribution in [3.05, 3.63) is 0 Å². The zero-order valence-electron chi connectivity index (χ0n) is 5.87. The fraction of sp³-hybridized carbons (Fsp3) is 0.778. The molecule has 0 aromatic carbocycles. The van der Waals surface area contributed by atoms with Gasteiger partial charge >= 0.3 is 11.9 Å². The van der Waals surface area contributed by atoms with Crippen LogP contribution in [0.4, 0.5) is 0 Å². The van der Waals surface area contributed by atoms with Crippen LogP contribution in [0.25, 0.3) is 0 Å². The van der Waals surface area contributed by atoms with Crippen molar-refractivity contribution in [2.24, 2.45) is 11.8 Å². The molecule has 0 fully saturated rings. The molecule has 0 aliphatic heterocycles. The number of carboxylic acid groups (broad SMARTS) is 2. The summed E-state index contributed by atoms with van der Waals surface area (Å²) in [4.78, 5) is 20.4. The molecule has 0 spiro atoms. The number of aliphatic carboxylic acids is 2. The lowest BCUT2D eigenvalue weighted by molar-refractivity contribution is -0.152. The molecule has 82 valence electrons. The van der Waals surface area contributed by atoms with Gasteiger partial charge in [-0.2, -0.15) is 0 Å². The summed E-state index contributed by atoms with van der Waals surface area (Å²) in [6.45, 7) is 2.75. The van der Waals surface area contributed by atoms with Crippen molar-refractivity contribution in [3.63, 3.8) is 0 Å². The van der Waals surface area contributed by atoms with Crippen molar-refractivity contribution in [3.8, 4) is 0 Å². The zero-order chi connectivity index (χ0) is 8.31. The van der Waals surface area contributed by atoms with E-state index >= 15 is 0 Å². The van der Waals surface area contributed by atoms with E-state index in [0.29, 0.717) is 0 Å². The summed E-state index contributed by atoms with van der Waals surface area (Å²) in [6.07, 6.45) is 0. The van der Waals surface area contributed by atoms with Crippen molar-refractivity contribution in [1.29, 1.82) is 0 Å². The fourth-order valence-corrected chi connectivity index (χ4v) is 0.428. The maximum atomic E-state index is 10.2. The molecule has 0 saturated carbocycles. The van der Waals surface area contributed by atoms with E-state index in [1.165, 1.54) is 13.8 Å². The van der Waals surface area contributed by atoms with Gasteiger partial charge in [0.05, 0.1) is 11.8 Å². The fourth-order valence-electron chi connectivity index (χ4n) is 0.428. The molecule has 0 radical (unpaired) electrons. The quantitative estimate of drug-likeness (QED) is 0.723. The molecule has 0 bridgehead atoms. The van der Waals surface area contributed by atoms with Crippen molar-refractivity contribution in [1.82, 2.24) is 0 Å². The zero-order valence-corrected chi connectivity index (χ0v) is 5.87. The SMILES string of the molecule is C.C.C.CC(C(=O)O)C(C)C(=O)O. The smallest absolute Gasteiger partial charge is 0.307 e. The molecule has 0 aliphatic carbocycles. The van der Waals surface area contributed by atoms with Crippen LogP contribution >= 0.6 is 0 Å². The maximum Gasteiger partial charge on any atom is 0.307 e. The van der Waals surface area contributed by atoms with Gasteiger partial charge in [0.25, 0.3) is 0 Å². The lowest BCUT2D eigenvalue weighted by atomic mass is 9.97. The summed E-state index contributed by atoms with van der Waals surface area (Å²) in [5.74, 6) is -3.79. The number of hydrogen-bond acceptors (Lipinski definition) is 2. The molecule has 0 aromatic heterocycles. The summed E-state index contributed by atoms with van der Waals surface area (Å²) in [7, 11) is 0. The molecule has 2 unspecified atom stereocenters. The Morgan fingerprint density at radius 2 is 1.00 bits per heavy atom. The van der Waals surface area contributed by atoms with Gasteiger partial charge in [0.15, 0.2) is 0 Å². The van der Waals surface area contributed by atoms with E-state index in [4.69, 9.17) is 10.2 Å². The van der Waals surface area contributed by atoms with Crippen molar-refractivity contribution >= 4 is 11.9 Å². The molecule has 0 aromatic rings. The average Bonchev–Trinajstić information content (AvgIpc) is 1.84. The normalized spacial score (nSPS) is 12.2. The van der Waals surface area contributed by atoms with Crippen LogP contribution in [0.1, 0.15) is 36.1 Å². The second-order valence-electron chi connectivity index (χ2n) is 2.25. The average molecular weight is 194 g/mol. The van der Waals surface area contributed by atoms with Crippen LogP contribution in [0.5, 0.6) is 0 Å². The summed E-state index contributed by atoms with van der Waals surface area (Å²) in [5.41, 5.74) is 0. The van der Waals surface area contributed by atoms with Gasteiger partial charge in [-0.1, -0.05) is 36.1 Å². The van der Waals surface area contributed by atoms with Crippen molar-refractivity contribution < 1.29 is 19.8 Å². The van der Waals surface area contributed by atoms with Crippen LogP contribution in [0, 0.1) is 11.8 Å². The van der Waals surface area contributed by atoms with Gasteiger partial charge < -0.3 is 10.2 Å². The van der Waals surface area contributed by atoms with Crippen molar-refractivity contribution in [2.45, 2.75) is 36.1 Å². The lowest BCUT2D eigenvalue weighted by Gasteiger charge is -2.09. The number of carboxylic acids is 2. The second-order valence-corrected chi connectivity index (χ2v) is 2.25. The Balaban J connectivity index is -0.000000135. The minimum Gasteiger partial charge on any atom is -0.481 e. The highest BCUT2D eigenvalue weighted by Crippen LogP contribution is 2.10. The molecule has 2 N–H and O–H groups in total. The Hall–Kier alpha value is -1.06. The van der Waals surface area contributed by atoms with Gasteiger partial charge in [-0.05, 0) is 0 Å². The monoisotopic (exact) mass is 194 g/mol. The highest BCUT2D eigenvalue weighted by Gasteiger charge is 2.24. The van der Waals surface area contributed by atoms with Gasteiger partial charge in [0.1, 0.15) is 0 Å². The number of hydrogen-bond donors (Lipinski definition) is 2. The van der Waals surface area contributed by atoms with E-state index in [1.54, 1.807) is 0 Å². The molecule has 4 heteroatoms. The molecule has 13 heavy (non-hydrogen) atoms. The second kappa shape index (κ2) is 9.03. The first-order valence-electron chi connectivity index (χ1n) is 2.92.